The summed E-state index contributed by atoms with van der Waals surface area (Å²) in [6, 6.07) is 13.8. The Hall–Kier alpha value is -2.73. The molecule has 0 saturated heterocycles. The molecule has 0 aliphatic heterocycles. The lowest BCUT2D eigenvalue weighted by atomic mass is 10.1. The second-order valence-corrected chi connectivity index (χ2v) is 8.21. The number of nitrogens with zero attached hydrogens (tertiary/aromatic N) is 1. The molecule has 0 aromatic heterocycles. The van der Waals surface area contributed by atoms with E-state index in [1.165, 1.54) is 0 Å². The number of halogens is 1. The van der Waals surface area contributed by atoms with Crippen LogP contribution in [0.1, 0.15) is 38.2 Å². The first-order chi connectivity index (χ1) is 15.0. The third kappa shape index (κ3) is 6.62. The van der Waals surface area contributed by atoms with Crippen LogP contribution in [0.5, 0.6) is 11.5 Å². The van der Waals surface area contributed by atoms with Crippen LogP contribution in [0.25, 0.3) is 0 Å². The van der Waals surface area contributed by atoms with Gasteiger partial charge in [0.25, 0.3) is 5.91 Å². The number of benzene rings is 2. The Morgan fingerprint density at radius 1 is 1.06 bits per heavy atom. The van der Waals surface area contributed by atoms with E-state index in [9.17, 15) is 9.59 Å². The maximum Gasteiger partial charge on any atom is 0.261 e. The highest BCUT2D eigenvalue weighted by atomic mass is 35.5. The SMILES string of the molecule is COc1ccc(OCC(=O)N(Cc2ccc(Cl)cc2)C(C)C(=O)NC2CCCC2)cc1. The van der Waals surface area contributed by atoms with Crippen molar-refractivity contribution in [2.75, 3.05) is 13.7 Å². The summed E-state index contributed by atoms with van der Waals surface area (Å²) in [7, 11) is 1.59. The number of ether oxygens (including phenoxy) is 2. The maximum absolute atomic E-state index is 13.1. The monoisotopic (exact) mass is 444 g/mol. The Morgan fingerprint density at radius 3 is 2.29 bits per heavy atom. The van der Waals surface area contributed by atoms with Gasteiger partial charge in [0.15, 0.2) is 6.61 Å². The minimum atomic E-state index is -0.622. The van der Waals surface area contributed by atoms with E-state index in [4.69, 9.17) is 21.1 Å². The number of hydrogen-bond acceptors (Lipinski definition) is 4. The summed E-state index contributed by atoms with van der Waals surface area (Å²) in [5.41, 5.74) is 0.891. The minimum Gasteiger partial charge on any atom is -0.497 e. The standard InChI is InChI=1S/C24H29ClN2O4/c1-17(24(29)26-20-5-3-4-6-20)27(15-18-7-9-19(25)10-8-18)23(28)16-31-22-13-11-21(30-2)12-14-22/h7-14,17,20H,3-6,15-16H2,1-2H3,(H,26,29). The van der Waals surface area contributed by atoms with E-state index in [1.54, 1.807) is 55.3 Å². The Kier molecular flexibility index (Phi) is 8.18. The van der Waals surface area contributed by atoms with Gasteiger partial charge in [0.05, 0.1) is 7.11 Å². The predicted octanol–water partition coefficient (Wildman–Crippen LogP) is 4.20. The van der Waals surface area contributed by atoms with E-state index in [0.29, 0.717) is 23.1 Å². The summed E-state index contributed by atoms with van der Waals surface area (Å²) < 4.78 is 10.8. The van der Waals surface area contributed by atoms with Crippen LogP contribution in [0, 0.1) is 0 Å². The Labute approximate surface area is 188 Å². The molecule has 6 nitrogen and oxygen atoms in total. The Bertz CT molecular complexity index is 864. The van der Waals surface area contributed by atoms with Gasteiger partial charge in [0, 0.05) is 17.6 Å². The topological polar surface area (TPSA) is 67.9 Å². The fourth-order valence-corrected chi connectivity index (χ4v) is 3.79. The molecule has 1 aliphatic carbocycles. The highest BCUT2D eigenvalue weighted by Gasteiger charge is 2.28. The second-order valence-electron chi connectivity index (χ2n) is 7.78. The Balaban J connectivity index is 1.68. The molecular weight excluding hydrogens is 416 g/mol. The molecule has 0 heterocycles. The van der Waals surface area contributed by atoms with Gasteiger partial charge in [-0.25, -0.2) is 0 Å². The van der Waals surface area contributed by atoms with Crippen LogP contribution in [0.15, 0.2) is 48.5 Å². The van der Waals surface area contributed by atoms with Crippen LogP contribution in [-0.2, 0) is 16.1 Å². The van der Waals surface area contributed by atoms with E-state index >= 15 is 0 Å². The number of hydrogen-bond donors (Lipinski definition) is 1. The van der Waals surface area contributed by atoms with E-state index in [0.717, 1.165) is 31.2 Å². The largest absolute Gasteiger partial charge is 0.497 e. The lowest BCUT2D eigenvalue weighted by Crippen LogP contribution is -2.50. The predicted molar refractivity (Wildman–Crippen MR) is 120 cm³/mol. The molecule has 1 unspecified atom stereocenters. The van der Waals surface area contributed by atoms with Gasteiger partial charge in [-0.1, -0.05) is 36.6 Å². The Morgan fingerprint density at radius 2 is 1.68 bits per heavy atom. The molecule has 1 fully saturated rings. The number of carbonyl (C=O) groups is 2. The first-order valence-electron chi connectivity index (χ1n) is 10.6. The maximum atomic E-state index is 13.1. The van der Waals surface area contributed by atoms with Crippen molar-refractivity contribution >= 4 is 23.4 Å². The van der Waals surface area contributed by atoms with Gasteiger partial charge in [-0.2, -0.15) is 0 Å². The molecule has 3 rings (SSSR count). The summed E-state index contributed by atoms with van der Waals surface area (Å²) in [6.07, 6.45) is 4.24. The zero-order valence-electron chi connectivity index (χ0n) is 18.0. The molecule has 1 saturated carbocycles. The first kappa shape index (κ1) is 22.9. The van der Waals surface area contributed by atoms with Crippen molar-refractivity contribution in [3.05, 3.63) is 59.1 Å². The molecule has 2 aromatic carbocycles. The van der Waals surface area contributed by atoms with Crippen LogP contribution in [0.2, 0.25) is 5.02 Å². The lowest BCUT2D eigenvalue weighted by molar-refractivity contribution is -0.142. The van der Waals surface area contributed by atoms with Gasteiger partial charge in [-0.05, 0) is 61.7 Å². The van der Waals surface area contributed by atoms with Crippen molar-refractivity contribution in [2.24, 2.45) is 0 Å². The molecule has 0 bridgehead atoms. The highest BCUT2D eigenvalue weighted by molar-refractivity contribution is 6.30. The van der Waals surface area contributed by atoms with Gasteiger partial charge in [-0.15, -0.1) is 0 Å². The molecule has 7 heteroatoms. The summed E-state index contributed by atoms with van der Waals surface area (Å²) in [6.45, 7) is 1.88. The number of methoxy groups -OCH3 is 1. The molecule has 1 aliphatic rings. The molecular formula is C24H29ClN2O4. The van der Waals surface area contributed by atoms with E-state index in [2.05, 4.69) is 5.32 Å². The van der Waals surface area contributed by atoms with Crippen LogP contribution in [-0.4, -0.2) is 42.5 Å². The van der Waals surface area contributed by atoms with Crippen molar-refractivity contribution in [3.63, 3.8) is 0 Å². The quantitative estimate of drug-likeness (QED) is 0.629. The fraction of sp³-hybridized carbons (Fsp3) is 0.417. The van der Waals surface area contributed by atoms with Gasteiger partial charge in [-0.3, -0.25) is 9.59 Å². The van der Waals surface area contributed by atoms with E-state index in [1.807, 2.05) is 12.1 Å². The highest BCUT2D eigenvalue weighted by Crippen LogP contribution is 2.20. The van der Waals surface area contributed by atoms with Crippen LogP contribution in [0.4, 0.5) is 0 Å². The van der Waals surface area contributed by atoms with E-state index < -0.39 is 6.04 Å². The van der Waals surface area contributed by atoms with Crippen molar-refractivity contribution in [1.82, 2.24) is 10.2 Å². The average Bonchev–Trinajstić information content (AvgIpc) is 3.30. The summed E-state index contributed by atoms with van der Waals surface area (Å²) >= 11 is 5.98. The smallest absolute Gasteiger partial charge is 0.261 e. The molecule has 1 N–H and O–H groups in total. The van der Waals surface area contributed by atoms with Gasteiger partial charge >= 0.3 is 0 Å². The molecule has 31 heavy (non-hydrogen) atoms. The van der Waals surface area contributed by atoms with Crippen LogP contribution < -0.4 is 14.8 Å². The van der Waals surface area contributed by atoms with Crippen LogP contribution >= 0.6 is 11.6 Å². The zero-order valence-corrected chi connectivity index (χ0v) is 18.7. The van der Waals surface area contributed by atoms with Crippen molar-refractivity contribution in [2.45, 2.75) is 51.2 Å². The number of rotatable bonds is 9. The average molecular weight is 445 g/mol. The summed E-state index contributed by atoms with van der Waals surface area (Å²) in [4.78, 5) is 27.5. The van der Waals surface area contributed by atoms with Gasteiger partial charge in [0.1, 0.15) is 17.5 Å². The summed E-state index contributed by atoms with van der Waals surface area (Å²) in [5, 5.41) is 3.71. The van der Waals surface area contributed by atoms with Crippen molar-refractivity contribution in [3.8, 4) is 11.5 Å². The summed E-state index contributed by atoms with van der Waals surface area (Å²) in [5.74, 6) is 0.863. The van der Waals surface area contributed by atoms with Gasteiger partial charge < -0.3 is 19.7 Å². The molecule has 2 aromatic rings. The van der Waals surface area contributed by atoms with Gasteiger partial charge in [0.2, 0.25) is 5.91 Å². The van der Waals surface area contributed by atoms with Crippen LogP contribution in [0.3, 0.4) is 0 Å². The molecule has 166 valence electrons. The second kappa shape index (κ2) is 11.0. The normalized spacial score (nSPS) is 14.7. The minimum absolute atomic E-state index is 0.140. The molecule has 1 atom stereocenters. The molecule has 0 spiro atoms. The number of amides is 2. The zero-order chi connectivity index (χ0) is 22.2. The lowest BCUT2D eigenvalue weighted by Gasteiger charge is -2.29. The first-order valence-corrected chi connectivity index (χ1v) is 10.9. The number of carbonyl (C=O) groups excluding carboxylic acids is 2. The third-order valence-electron chi connectivity index (χ3n) is 5.56. The molecule has 2 amide bonds. The third-order valence-corrected chi connectivity index (χ3v) is 5.81. The molecule has 0 radical (unpaired) electrons. The number of nitrogens with one attached hydrogen (secondary N) is 1. The van der Waals surface area contributed by atoms with E-state index in [-0.39, 0.29) is 24.5 Å². The van der Waals surface area contributed by atoms with Crippen molar-refractivity contribution in [1.29, 1.82) is 0 Å². The van der Waals surface area contributed by atoms with Crippen molar-refractivity contribution < 1.29 is 19.1 Å². The fourth-order valence-electron chi connectivity index (χ4n) is 3.66.